The molecule has 1 aliphatic heterocycles. The summed E-state index contributed by atoms with van der Waals surface area (Å²) in [5.74, 6) is -0.0332. The van der Waals surface area contributed by atoms with Gasteiger partial charge in [0.25, 0.3) is 0 Å². The van der Waals surface area contributed by atoms with Gasteiger partial charge in [-0.3, -0.25) is 4.79 Å². The summed E-state index contributed by atoms with van der Waals surface area (Å²) in [6, 6.07) is 8.29. The van der Waals surface area contributed by atoms with E-state index < -0.39 is 0 Å². The number of hydrogen-bond donors (Lipinski definition) is 2. The Hall–Kier alpha value is -1.81. The van der Waals surface area contributed by atoms with Crippen molar-refractivity contribution in [1.29, 1.82) is 0 Å². The first-order valence-corrected chi connectivity index (χ1v) is 7.09. The number of carbonyl (C=O) groups is 1. The molecule has 0 saturated carbocycles. The topological polar surface area (TPSA) is 58.4 Å². The van der Waals surface area contributed by atoms with Crippen LogP contribution in [0.25, 0.3) is 6.08 Å². The Kier molecular flexibility index (Phi) is 4.79. The van der Waals surface area contributed by atoms with Gasteiger partial charge in [-0.05, 0) is 50.6 Å². The van der Waals surface area contributed by atoms with Crippen molar-refractivity contribution >= 4 is 17.7 Å². The predicted octanol–water partition coefficient (Wildman–Crippen LogP) is 1.88. The van der Waals surface area contributed by atoms with Gasteiger partial charge in [-0.15, -0.1) is 0 Å². The van der Waals surface area contributed by atoms with Crippen molar-refractivity contribution in [2.45, 2.75) is 31.8 Å². The highest BCUT2D eigenvalue weighted by Crippen LogP contribution is 2.15. The number of nitrogens with zero attached hydrogens (tertiary/aromatic N) is 1. The van der Waals surface area contributed by atoms with Gasteiger partial charge >= 0.3 is 0 Å². The molecular weight excluding hydrogens is 250 g/mol. The molecule has 0 aromatic heterocycles. The first-order chi connectivity index (χ1) is 9.54. The third-order valence-electron chi connectivity index (χ3n) is 3.89. The lowest BCUT2D eigenvalue weighted by Gasteiger charge is -2.35. The summed E-state index contributed by atoms with van der Waals surface area (Å²) in [5.41, 5.74) is 7.35. The molecule has 0 aliphatic carbocycles. The molecule has 1 aromatic carbocycles. The normalized spacial score (nSPS) is 23.9. The maximum atomic E-state index is 11.9. The number of hydrogen-bond acceptors (Lipinski definition) is 3. The fourth-order valence-corrected chi connectivity index (χ4v) is 2.50. The fraction of sp³-hybridized carbons (Fsp3) is 0.438. The summed E-state index contributed by atoms with van der Waals surface area (Å²) < 4.78 is 0. The van der Waals surface area contributed by atoms with Gasteiger partial charge in [-0.2, -0.15) is 0 Å². The third-order valence-corrected chi connectivity index (χ3v) is 3.89. The molecule has 1 aliphatic rings. The average Bonchev–Trinajstić information content (AvgIpc) is 2.41. The Morgan fingerprint density at radius 1 is 1.50 bits per heavy atom. The van der Waals surface area contributed by atoms with Crippen molar-refractivity contribution in [2.24, 2.45) is 0 Å². The Labute approximate surface area is 120 Å². The highest BCUT2D eigenvalue weighted by Gasteiger charge is 2.23. The number of nitrogen functional groups attached to an aromatic ring is 1. The van der Waals surface area contributed by atoms with Crippen LogP contribution < -0.4 is 11.1 Å². The van der Waals surface area contributed by atoms with Crippen molar-refractivity contribution in [2.75, 3.05) is 19.3 Å². The summed E-state index contributed by atoms with van der Waals surface area (Å²) in [7, 11) is 2.13. The molecule has 4 nitrogen and oxygen atoms in total. The zero-order valence-electron chi connectivity index (χ0n) is 12.2. The van der Waals surface area contributed by atoms with Crippen LogP contribution in [-0.2, 0) is 4.79 Å². The molecule has 1 saturated heterocycles. The summed E-state index contributed by atoms with van der Waals surface area (Å²) in [6.07, 6.45) is 5.40. The highest BCUT2D eigenvalue weighted by atomic mass is 16.1. The molecular formula is C16H23N3O. The summed E-state index contributed by atoms with van der Waals surface area (Å²) in [6.45, 7) is 3.23. The van der Waals surface area contributed by atoms with Gasteiger partial charge in [0.2, 0.25) is 5.91 Å². The maximum Gasteiger partial charge on any atom is 0.244 e. The molecule has 1 aromatic rings. The molecule has 4 heteroatoms. The molecule has 1 fully saturated rings. The molecule has 2 unspecified atom stereocenters. The third kappa shape index (κ3) is 4.10. The number of piperidine rings is 1. The van der Waals surface area contributed by atoms with Crippen LogP contribution in [0.5, 0.6) is 0 Å². The SMILES string of the molecule is CC1CC(NC(=O)/C=C/c2cccc(N)c2)CCN1C. The van der Waals surface area contributed by atoms with E-state index in [1.807, 2.05) is 24.3 Å². The lowest BCUT2D eigenvalue weighted by molar-refractivity contribution is -0.117. The zero-order valence-corrected chi connectivity index (χ0v) is 12.2. The number of anilines is 1. The number of carbonyl (C=O) groups excluding carboxylic acids is 1. The van der Waals surface area contributed by atoms with Gasteiger partial charge in [0.05, 0.1) is 0 Å². The second-order valence-electron chi connectivity index (χ2n) is 5.56. The minimum Gasteiger partial charge on any atom is -0.399 e. The van der Waals surface area contributed by atoms with E-state index in [0.29, 0.717) is 11.7 Å². The molecule has 2 atom stereocenters. The van der Waals surface area contributed by atoms with Crippen LogP contribution in [0, 0.1) is 0 Å². The van der Waals surface area contributed by atoms with Crippen LogP contribution in [-0.4, -0.2) is 36.5 Å². The van der Waals surface area contributed by atoms with E-state index in [9.17, 15) is 4.79 Å². The molecule has 2 rings (SSSR count). The first kappa shape index (κ1) is 14.6. The minimum atomic E-state index is -0.0332. The number of nitrogens with two attached hydrogens (primary N) is 1. The van der Waals surface area contributed by atoms with Crippen LogP contribution in [0.1, 0.15) is 25.3 Å². The van der Waals surface area contributed by atoms with Gasteiger partial charge in [0.1, 0.15) is 0 Å². The van der Waals surface area contributed by atoms with Gasteiger partial charge < -0.3 is 16.0 Å². The van der Waals surface area contributed by atoms with Gasteiger partial charge in [0.15, 0.2) is 0 Å². The van der Waals surface area contributed by atoms with Crippen LogP contribution in [0.4, 0.5) is 5.69 Å². The number of amides is 1. The minimum absolute atomic E-state index is 0.0332. The second-order valence-corrected chi connectivity index (χ2v) is 5.56. The van der Waals surface area contributed by atoms with Crippen molar-refractivity contribution in [3.05, 3.63) is 35.9 Å². The number of benzene rings is 1. The molecule has 1 amide bonds. The lowest BCUT2D eigenvalue weighted by atomic mass is 9.99. The summed E-state index contributed by atoms with van der Waals surface area (Å²) in [5, 5.41) is 3.07. The molecule has 0 radical (unpaired) electrons. The van der Waals surface area contributed by atoms with Gasteiger partial charge in [-0.25, -0.2) is 0 Å². The van der Waals surface area contributed by atoms with Crippen LogP contribution >= 0.6 is 0 Å². The molecule has 0 bridgehead atoms. The van der Waals surface area contributed by atoms with Crippen LogP contribution in [0.3, 0.4) is 0 Å². The largest absolute Gasteiger partial charge is 0.399 e. The molecule has 3 N–H and O–H groups in total. The predicted molar refractivity (Wildman–Crippen MR) is 83.1 cm³/mol. The summed E-state index contributed by atoms with van der Waals surface area (Å²) >= 11 is 0. The molecule has 20 heavy (non-hydrogen) atoms. The molecule has 0 spiro atoms. The molecule has 1 heterocycles. The lowest BCUT2D eigenvalue weighted by Crippen LogP contribution is -2.46. The average molecular weight is 273 g/mol. The number of rotatable bonds is 3. The van der Waals surface area contributed by atoms with Crippen LogP contribution in [0.15, 0.2) is 30.3 Å². The van der Waals surface area contributed by atoms with E-state index in [1.165, 1.54) is 0 Å². The number of likely N-dealkylation sites (tertiary alicyclic amines) is 1. The van der Waals surface area contributed by atoms with E-state index >= 15 is 0 Å². The van der Waals surface area contributed by atoms with Crippen molar-refractivity contribution in [3.63, 3.8) is 0 Å². The zero-order chi connectivity index (χ0) is 14.5. The van der Waals surface area contributed by atoms with Gasteiger partial charge in [-0.1, -0.05) is 12.1 Å². The quantitative estimate of drug-likeness (QED) is 0.653. The molecule has 108 valence electrons. The van der Waals surface area contributed by atoms with E-state index in [2.05, 4.69) is 24.2 Å². The Morgan fingerprint density at radius 3 is 3.00 bits per heavy atom. The van der Waals surface area contributed by atoms with E-state index in [-0.39, 0.29) is 11.9 Å². The van der Waals surface area contributed by atoms with E-state index in [4.69, 9.17) is 5.73 Å². The highest BCUT2D eigenvalue weighted by molar-refractivity contribution is 5.92. The van der Waals surface area contributed by atoms with E-state index in [1.54, 1.807) is 12.2 Å². The Bertz CT molecular complexity index is 498. The van der Waals surface area contributed by atoms with E-state index in [0.717, 1.165) is 24.9 Å². The smallest absolute Gasteiger partial charge is 0.244 e. The Balaban J connectivity index is 1.86. The van der Waals surface area contributed by atoms with Crippen molar-refractivity contribution in [1.82, 2.24) is 10.2 Å². The second kappa shape index (κ2) is 6.57. The van der Waals surface area contributed by atoms with Crippen molar-refractivity contribution < 1.29 is 4.79 Å². The standard InChI is InChI=1S/C16H23N3O/c1-12-10-15(8-9-19(12)2)18-16(20)7-6-13-4-3-5-14(17)11-13/h3-7,11-12,15H,8-10,17H2,1-2H3,(H,18,20)/b7-6+. The fourth-order valence-electron chi connectivity index (χ4n) is 2.50. The first-order valence-electron chi connectivity index (χ1n) is 7.09. The Morgan fingerprint density at radius 2 is 2.30 bits per heavy atom. The number of nitrogens with one attached hydrogen (secondary N) is 1. The van der Waals surface area contributed by atoms with Crippen LogP contribution in [0.2, 0.25) is 0 Å². The van der Waals surface area contributed by atoms with Gasteiger partial charge in [0, 0.05) is 30.4 Å². The maximum absolute atomic E-state index is 11.9. The monoisotopic (exact) mass is 273 g/mol. The summed E-state index contributed by atoms with van der Waals surface area (Å²) in [4.78, 5) is 14.2. The van der Waals surface area contributed by atoms with Crippen molar-refractivity contribution in [3.8, 4) is 0 Å².